The Labute approximate surface area is 183 Å². The van der Waals surface area contributed by atoms with E-state index in [0.717, 1.165) is 0 Å². The molecular weight excluding hydrogens is 412 g/mol. The van der Waals surface area contributed by atoms with Crippen molar-refractivity contribution in [2.24, 2.45) is 7.05 Å². The van der Waals surface area contributed by atoms with Gasteiger partial charge in [-0.3, -0.25) is 24.4 Å². The number of anilines is 2. The van der Waals surface area contributed by atoms with Gasteiger partial charge in [0.25, 0.3) is 17.2 Å². The minimum atomic E-state index is -0.793. The summed E-state index contributed by atoms with van der Waals surface area (Å²) in [5.74, 6) is -0.793. The number of hydrogen-bond donors (Lipinski definition) is 2. The Morgan fingerprint density at radius 3 is 2.50 bits per heavy atom. The van der Waals surface area contributed by atoms with Gasteiger partial charge in [-0.15, -0.1) is 0 Å². The lowest BCUT2D eigenvalue weighted by Gasteiger charge is -2.07. The van der Waals surface area contributed by atoms with Crippen LogP contribution in [0.2, 0.25) is 0 Å². The first-order valence-electron chi connectivity index (χ1n) is 9.51. The fourth-order valence-corrected chi connectivity index (χ4v) is 3.21. The van der Waals surface area contributed by atoms with Crippen molar-refractivity contribution in [3.05, 3.63) is 85.8 Å². The smallest absolute Gasteiger partial charge is 0.295 e. The number of rotatable bonds is 6. The zero-order chi connectivity index (χ0) is 23.4. The topological polar surface area (TPSA) is 135 Å². The minimum Gasteiger partial charge on any atom is -0.383 e. The van der Waals surface area contributed by atoms with Crippen molar-refractivity contribution >= 4 is 29.0 Å². The lowest BCUT2D eigenvalue weighted by Crippen LogP contribution is -2.23. The molecular formula is C22H20N6O4. The molecule has 0 spiro atoms. The molecule has 10 nitrogen and oxygen atoms in total. The van der Waals surface area contributed by atoms with Crippen molar-refractivity contribution in [3.8, 4) is 11.8 Å². The molecule has 162 valence electrons. The average molecular weight is 432 g/mol. The molecule has 1 aromatic heterocycles. The second-order valence-corrected chi connectivity index (χ2v) is 6.84. The Bertz CT molecular complexity index is 1330. The predicted octanol–water partition coefficient (Wildman–Crippen LogP) is 2.98. The van der Waals surface area contributed by atoms with Crippen LogP contribution in [0, 0.1) is 28.4 Å². The molecule has 2 N–H and O–H groups in total. The number of nitrogens with one attached hydrogen (secondary N) is 2. The molecule has 0 saturated carbocycles. The molecule has 0 unspecified atom stereocenters. The summed E-state index contributed by atoms with van der Waals surface area (Å²) in [5.41, 5.74) is 0.823. The van der Waals surface area contributed by atoms with E-state index in [2.05, 4.69) is 10.6 Å². The maximum atomic E-state index is 12.9. The molecule has 10 heteroatoms. The van der Waals surface area contributed by atoms with E-state index >= 15 is 0 Å². The highest BCUT2D eigenvalue weighted by atomic mass is 16.6. The predicted molar refractivity (Wildman–Crippen MR) is 121 cm³/mol. The van der Waals surface area contributed by atoms with Crippen LogP contribution in [0.25, 0.3) is 11.8 Å². The van der Waals surface area contributed by atoms with E-state index in [-0.39, 0.29) is 16.9 Å². The molecule has 1 amide bonds. The molecule has 0 radical (unpaired) electrons. The highest BCUT2D eigenvalue weighted by Gasteiger charge is 2.20. The molecule has 2 aromatic carbocycles. The molecule has 0 saturated heterocycles. The number of carbonyl (C=O) groups is 1. The number of para-hydroxylation sites is 1. The van der Waals surface area contributed by atoms with Gasteiger partial charge in [-0.2, -0.15) is 5.26 Å². The number of nitro groups is 1. The summed E-state index contributed by atoms with van der Waals surface area (Å²) in [5, 5.41) is 26.0. The molecule has 32 heavy (non-hydrogen) atoms. The van der Waals surface area contributed by atoms with E-state index in [4.69, 9.17) is 0 Å². The molecule has 0 aliphatic heterocycles. The zero-order valence-electron chi connectivity index (χ0n) is 17.6. The molecule has 0 atom stereocenters. The fraction of sp³-hybridized carbons (Fsp3) is 0.136. The number of benzene rings is 2. The van der Waals surface area contributed by atoms with E-state index in [0.29, 0.717) is 22.6 Å². The number of amides is 1. The number of aromatic nitrogens is 2. The van der Waals surface area contributed by atoms with Gasteiger partial charge in [-0.05, 0) is 36.8 Å². The molecule has 1 heterocycles. The highest BCUT2D eigenvalue weighted by Crippen LogP contribution is 2.26. The first kappa shape index (κ1) is 22.0. The SMILES string of the molecule is CNc1ccc(/C=C(\C#N)C(=O)Nc2c(C)n(C)n(-c3ccccc3)c2=O)cc1[N+](=O)[O-]. The zero-order valence-corrected chi connectivity index (χ0v) is 17.6. The molecule has 0 bridgehead atoms. The van der Waals surface area contributed by atoms with Crippen molar-refractivity contribution in [1.29, 1.82) is 5.26 Å². The van der Waals surface area contributed by atoms with Gasteiger partial charge in [-0.1, -0.05) is 24.3 Å². The second kappa shape index (κ2) is 9.01. The molecule has 0 fully saturated rings. The number of nitriles is 1. The molecule has 3 aromatic rings. The summed E-state index contributed by atoms with van der Waals surface area (Å²) in [6.07, 6.45) is 1.23. The largest absolute Gasteiger partial charge is 0.383 e. The first-order valence-corrected chi connectivity index (χ1v) is 9.51. The molecule has 0 aliphatic rings. The summed E-state index contributed by atoms with van der Waals surface area (Å²) in [4.78, 5) is 36.4. The minimum absolute atomic E-state index is 0.0408. The van der Waals surface area contributed by atoms with Crippen LogP contribution in [0.1, 0.15) is 11.3 Å². The van der Waals surface area contributed by atoms with Crippen LogP contribution in [0.5, 0.6) is 0 Å². The fourth-order valence-electron chi connectivity index (χ4n) is 3.21. The van der Waals surface area contributed by atoms with Gasteiger partial charge in [0.05, 0.1) is 16.3 Å². The van der Waals surface area contributed by atoms with E-state index in [1.807, 2.05) is 6.07 Å². The monoisotopic (exact) mass is 432 g/mol. The van der Waals surface area contributed by atoms with Gasteiger partial charge in [-0.25, -0.2) is 4.68 Å². The van der Waals surface area contributed by atoms with Gasteiger partial charge >= 0.3 is 0 Å². The molecule has 3 rings (SSSR count). The molecule has 0 aliphatic carbocycles. The standard InChI is InChI=1S/C22H20N6O4/c1-14-20(22(30)27(26(14)3)17-7-5-4-6-8-17)25-21(29)16(13-23)11-15-9-10-18(24-2)19(12-15)28(31)32/h4-12,24H,1-3H3,(H,25,29)/b16-11+. The van der Waals surface area contributed by atoms with Crippen molar-refractivity contribution in [2.45, 2.75) is 6.92 Å². The van der Waals surface area contributed by atoms with E-state index in [1.165, 1.54) is 22.9 Å². The maximum Gasteiger partial charge on any atom is 0.295 e. The van der Waals surface area contributed by atoms with E-state index in [9.17, 15) is 25.0 Å². The van der Waals surface area contributed by atoms with Crippen LogP contribution in [0.15, 0.2) is 58.9 Å². The van der Waals surface area contributed by atoms with Crippen LogP contribution < -0.4 is 16.2 Å². The van der Waals surface area contributed by atoms with Crippen LogP contribution in [0.4, 0.5) is 17.1 Å². The average Bonchev–Trinajstić information content (AvgIpc) is 3.00. The summed E-state index contributed by atoms with van der Waals surface area (Å²) in [6, 6.07) is 15.0. The third-order valence-corrected chi connectivity index (χ3v) is 4.96. The maximum absolute atomic E-state index is 12.9. The Kier molecular flexibility index (Phi) is 6.21. The number of nitrogens with zero attached hydrogens (tertiary/aromatic N) is 4. The van der Waals surface area contributed by atoms with Crippen LogP contribution >= 0.6 is 0 Å². The van der Waals surface area contributed by atoms with E-state index in [1.54, 1.807) is 62.1 Å². The van der Waals surface area contributed by atoms with Crippen molar-refractivity contribution in [2.75, 3.05) is 17.7 Å². The van der Waals surface area contributed by atoms with Crippen LogP contribution in [-0.4, -0.2) is 27.2 Å². The number of hydrogen-bond acceptors (Lipinski definition) is 6. The summed E-state index contributed by atoms with van der Waals surface area (Å²) in [6.45, 7) is 1.67. The third kappa shape index (κ3) is 4.13. The second-order valence-electron chi connectivity index (χ2n) is 6.84. The number of carbonyl (C=O) groups excluding carboxylic acids is 1. The number of nitro benzene ring substituents is 1. The van der Waals surface area contributed by atoms with Gasteiger partial charge in [0.1, 0.15) is 23.0 Å². The summed E-state index contributed by atoms with van der Waals surface area (Å²) in [7, 11) is 3.24. The Hall–Kier alpha value is -4.65. The first-order chi connectivity index (χ1) is 15.3. The highest BCUT2D eigenvalue weighted by molar-refractivity contribution is 6.09. The third-order valence-electron chi connectivity index (χ3n) is 4.96. The quantitative estimate of drug-likeness (QED) is 0.266. The summed E-state index contributed by atoms with van der Waals surface area (Å²) >= 11 is 0. The normalized spacial score (nSPS) is 11.0. The van der Waals surface area contributed by atoms with Gasteiger partial charge in [0.2, 0.25) is 0 Å². The van der Waals surface area contributed by atoms with Gasteiger partial charge < -0.3 is 10.6 Å². The Morgan fingerprint density at radius 2 is 1.91 bits per heavy atom. The van der Waals surface area contributed by atoms with E-state index < -0.39 is 16.4 Å². The summed E-state index contributed by atoms with van der Waals surface area (Å²) < 4.78 is 3.00. The van der Waals surface area contributed by atoms with Crippen molar-refractivity contribution < 1.29 is 9.72 Å². The van der Waals surface area contributed by atoms with Crippen molar-refractivity contribution in [3.63, 3.8) is 0 Å². The van der Waals surface area contributed by atoms with Gasteiger partial charge in [0, 0.05) is 20.2 Å². The Balaban J connectivity index is 1.97. The van der Waals surface area contributed by atoms with Gasteiger partial charge in [0.15, 0.2) is 0 Å². The Morgan fingerprint density at radius 1 is 1.22 bits per heavy atom. The van der Waals surface area contributed by atoms with Crippen LogP contribution in [-0.2, 0) is 11.8 Å². The lowest BCUT2D eigenvalue weighted by molar-refractivity contribution is -0.384. The van der Waals surface area contributed by atoms with Crippen molar-refractivity contribution in [1.82, 2.24) is 9.36 Å². The lowest BCUT2D eigenvalue weighted by atomic mass is 10.1. The van der Waals surface area contributed by atoms with Crippen LogP contribution in [0.3, 0.4) is 0 Å².